The van der Waals surface area contributed by atoms with Gasteiger partial charge >= 0.3 is 0 Å². The number of nitrogens with zero attached hydrogens (tertiary/aromatic N) is 4. The van der Waals surface area contributed by atoms with Crippen LogP contribution in [0.4, 0.5) is 22.7 Å². The Bertz CT molecular complexity index is 2090. The standard InChI is InChI=1S/C39H43ClN8O3/c1-39(2)13-11-27(33(22-39)25-3-5-28(40)6-4-25)24-46-15-17-47(18-16-46)29-7-9-32(38(49)45-48(50)30-8-10-34(41)35(42)20-30)36(21-29)51-31-19-26-12-14-43-37(26)44-23-31/h3-10,12,14,19-21,23,50H,11,13,15-18,22,24,41-42H2,1-2H3,(H,43,44)(H,45,49). The van der Waals surface area contributed by atoms with Crippen molar-refractivity contribution in [1.29, 1.82) is 0 Å². The molecule has 5 aromatic rings. The Kier molecular flexibility index (Phi) is 9.52. The summed E-state index contributed by atoms with van der Waals surface area (Å²) in [5, 5.41) is 12.9. The maximum Gasteiger partial charge on any atom is 0.275 e. The summed E-state index contributed by atoms with van der Waals surface area (Å²) in [5.74, 6) is 0.234. The summed E-state index contributed by atoms with van der Waals surface area (Å²) in [6.45, 7) is 9.10. The average Bonchev–Trinajstić information content (AvgIpc) is 3.59. The highest BCUT2D eigenvalue weighted by Crippen LogP contribution is 2.43. The molecule has 2 aromatic heterocycles. The van der Waals surface area contributed by atoms with Crippen LogP contribution in [0.25, 0.3) is 16.6 Å². The number of amides is 1. The van der Waals surface area contributed by atoms with Gasteiger partial charge in [0.05, 0.1) is 28.8 Å². The largest absolute Gasteiger partial charge is 0.455 e. The summed E-state index contributed by atoms with van der Waals surface area (Å²) in [4.78, 5) is 25.9. The number of allylic oxidation sites excluding steroid dienone is 1. The minimum Gasteiger partial charge on any atom is -0.455 e. The van der Waals surface area contributed by atoms with Crippen molar-refractivity contribution in [3.05, 3.63) is 107 Å². The molecule has 0 bridgehead atoms. The van der Waals surface area contributed by atoms with Crippen LogP contribution in [0, 0.1) is 5.41 Å². The summed E-state index contributed by atoms with van der Waals surface area (Å²) in [5.41, 5.74) is 21.5. The number of nitrogens with one attached hydrogen (secondary N) is 2. The predicted molar refractivity (Wildman–Crippen MR) is 204 cm³/mol. The molecule has 7 N–H and O–H groups in total. The summed E-state index contributed by atoms with van der Waals surface area (Å²) < 4.78 is 6.34. The summed E-state index contributed by atoms with van der Waals surface area (Å²) >= 11 is 6.23. The minimum atomic E-state index is -0.574. The smallest absolute Gasteiger partial charge is 0.275 e. The van der Waals surface area contributed by atoms with Gasteiger partial charge in [-0.15, -0.1) is 0 Å². The third-order valence-corrected chi connectivity index (χ3v) is 10.1. The quantitative estimate of drug-likeness (QED) is 0.0776. The highest BCUT2D eigenvalue weighted by Gasteiger charge is 2.29. The first-order valence-electron chi connectivity index (χ1n) is 17.2. The van der Waals surface area contributed by atoms with Crippen molar-refractivity contribution in [2.24, 2.45) is 5.41 Å². The van der Waals surface area contributed by atoms with Crippen LogP contribution in [0.2, 0.25) is 5.02 Å². The van der Waals surface area contributed by atoms with E-state index in [1.54, 1.807) is 24.4 Å². The molecular weight excluding hydrogens is 664 g/mol. The van der Waals surface area contributed by atoms with Gasteiger partial charge < -0.3 is 26.1 Å². The molecule has 7 rings (SSSR count). The summed E-state index contributed by atoms with van der Waals surface area (Å²) in [6.07, 6.45) is 6.75. The zero-order chi connectivity index (χ0) is 35.7. The zero-order valence-corrected chi connectivity index (χ0v) is 29.6. The van der Waals surface area contributed by atoms with Crippen LogP contribution >= 0.6 is 11.6 Å². The van der Waals surface area contributed by atoms with Crippen molar-refractivity contribution in [2.45, 2.75) is 33.1 Å². The molecule has 11 nitrogen and oxygen atoms in total. The van der Waals surface area contributed by atoms with Crippen molar-refractivity contribution < 1.29 is 14.7 Å². The average molecular weight is 707 g/mol. The van der Waals surface area contributed by atoms with Crippen molar-refractivity contribution in [3.8, 4) is 11.5 Å². The van der Waals surface area contributed by atoms with Gasteiger partial charge in [0.2, 0.25) is 0 Å². The Balaban J connectivity index is 1.09. The van der Waals surface area contributed by atoms with E-state index in [0.29, 0.717) is 22.4 Å². The number of nitrogens with two attached hydrogens (primary N) is 2. The first-order chi connectivity index (χ1) is 24.5. The monoisotopic (exact) mass is 706 g/mol. The number of aromatic amines is 1. The normalized spacial score (nSPS) is 16.4. The minimum absolute atomic E-state index is 0.232. The molecule has 51 heavy (non-hydrogen) atoms. The second-order valence-corrected chi connectivity index (χ2v) is 14.6. The number of ether oxygens (including phenoxy) is 1. The Morgan fingerprint density at radius 3 is 2.57 bits per heavy atom. The molecule has 12 heteroatoms. The lowest BCUT2D eigenvalue weighted by atomic mass is 9.72. The number of carbonyl (C=O) groups is 1. The highest BCUT2D eigenvalue weighted by atomic mass is 35.5. The number of halogens is 1. The maximum atomic E-state index is 13.6. The number of fused-ring (bicyclic) bond motifs is 1. The van der Waals surface area contributed by atoms with Gasteiger partial charge in [0, 0.05) is 61.1 Å². The molecule has 0 saturated carbocycles. The van der Waals surface area contributed by atoms with Gasteiger partial charge in [-0.1, -0.05) is 43.2 Å². The molecule has 0 radical (unpaired) electrons. The molecule has 3 aromatic carbocycles. The van der Waals surface area contributed by atoms with E-state index in [0.717, 1.165) is 67.3 Å². The van der Waals surface area contributed by atoms with E-state index in [4.69, 9.17) is 27.8 Å². The number of pyridine rings is 1. The highest BCUT2D eigenvalue weighted by molar-refractivity contribution is 6.30. The van der Waals surface area contributed by atoms with E-state index in [1.165, 1.54) is 29.2 Å². The Labute approximate surface area is 302 Å². The van der Waals surface area contributed by atoms with Crippen LogP contribution in [-0.4, -0.2) is 58.7 Å². The fourth-order valence-corrected chi connectivity index (χ4v) is 7.02. The molecule has 0 unspecified atom stereocenters. The van der Waals surface area contributed by atoms with Crippen LogP contribution in [0.1, 0.15) is 49.0 Å². The van der Waals surface area contributed by atoms with Crippen LogP contribution in [0.3, 0.4) is 0 Å². The number of nitrogen functional groups attached to an aromatic ring is 2. The Morgan fingerprint density at radius 1 is 1.02 bits per heavy atom. The number of hydrogen-bond acceptors (Lipinski definition) is 9. The van der Waals surface area contributed by atoms with Gasteiger partial charge in [0.1, 0.15) is 17.1 Å². The summed E-state index contributed by atoms with van der Waals surface area (Å²) in [7, 11) is 0. The van der Waals surface area contributed by atoms with E-state index < -0.39 is 5.91 Å². The van der Waals surface area contributed by atoms with Crippen LogP contribution in [0.15, 0.2) is 90.8 Å². The first kappa shape index (κ1) is 34.2. The first-order valence-corrected chi connectivity index (χ1v) is 17.5. The number of H-pyrrole nitrogens is 1. The molecule has 0 atom stereocenters. The lowest BCUT2D eigenvalue weighted by molar-refractivity contribution is 0.0877. The van der Waals surface area contributed by atoms with Crippen LogP contribution in [-0.2, 0) is 0 Å². The summed E-state index contributed by atoms with van der Waals surface area (Å²) in [6, 6.07) is 22.1. The molecule has 1 amide bonds. The van der Waals surface area contributed by atoms with E-state index in [1.807, 2.05) is 42.6 Å². The van der Waals surface area contributed by atoms with E-state index in [9.17, 15) is 10.0 Å². The number of carbonyl (C=O) groups excluding carboxylic acids is 1. The second kappa shape index (κ2) is 14.2. The van der Waals surface area contributed by atoms with Crippen molar-refractivity contribution in [1.82, 2.24) is 20.3 Å². The Hall–Kier alpha value is -5.23. The van der Waals surface area contributed by atoms with Crippen LogP contribution in [0.5, 0.6) is 11.5 Å². The number of hydrazine groups is 1. The lowest BCUT2D eigenvalue weighted by Crippen LogP contribution is -2.47. The molecule has 1 fully saturated rings. The molecule has 1 aliphatic carbocycles. The number of anilines is 4. The van der Waals surface area contributed by atoms with Gasteiger partial charge in [-0.05, 0) is 90.4 Å². The number of aromatic nitrogens is 2. The van der Waals surface area contributed by atoms with E-state index in [2.05, 4.69) is 51.2 Å². The fourth-order valence-electron chi connectivity index (χ4n) is 6.89. The molecule has 2 aliphatic rings. The number of piperazine rings is 1. The third-order valence-electron chi connectivity index (χ3n) is 9.87. The molecular formula is C39H43ClN8O3. The molecule has 264 valence electrons. The van der Waals surface area contributed by atoms with Gasteiger partial charge in [-0.3, -0.25) is 14.9 Å². The van der Waals surface area contributed by atoms with Crippen molar-refractivity contribution >= 4 is 56.9 Å². The fraction of sp³-hybridized carbons (Fsp3) is 0.282. The van der Waals surface area contributed by atoms with E-state index >= 15 is 0 Å². The third kappa shape index (κ3) is 7.75. The van der Waals surface area contributed by atoms with Gasteiger partial charge in [0.25, 0.3) is 5.91 Å². The Morgan fingerprint density at radius 2 is 1.80 bits per heavy atom. The topological polar surface area (TPSA) is 149 Å². The predicted octanol–water partition coefficient (Wildman–Crippen LogP) is 7.50. The maximum absolute atomic E-state index is 13.6. The molecule has 1 saturated heterocycles. The van der Waals surface area contributed by atoms with Crippen LogP contribution < -0.4 is 31.7 Å². The van der Waals surface area contributed by atoms with Gasteiger partial charge in [-0.25, -0.2) is 10.4 Å². The lowest BCUT2D eigenvalue weighted by Gasteiger charge is -2.39. The van der Waals surface area contributed by atoms with Crippen molar-refractivity contribution in [3.63, 3.8) is 0 Å². The molecule has 1 aliphatic heterocycles. The molecule has 3 heterocycles. The number of hydrogen-bond donors (Lipinski definition) is 5. The zero-order valence-electron chi connectivity index (χ0n) is 28.8. The van der Waals surface area contributed by atoms with E-state index in [-0.39, 0.29) is 22.4 Å². The van der Waals surface area contributed by atoms with Gasteiger partial charge in [0.15, 0.2) is 0 Å². The number of rotatable bonds is 9. The SMILES string of the molecule is CC1(C)CCC(CN2CCN(c3ccc(C(=O)NN(O)c4ccc(N)c(N)c4)c(Oc4cnc5[nH]ccc5c4)c3)CC2)=C(c2ccc(Cl)cc2)C1. The molecule has 0 spiro atoms. The van der Waals surface area contributed by atoms with Gasteiger partial charge in [-0.2, -0.15) is 5.17 Å². The second-order valence-electron chi connectivity index (χ2n) is 14.1. The number of benzene rings is 3. The van der Waals surface area contributed by atoms with Crippen molar-refractivity contribution in [2.75, 3.05) is 54.3 Å².